The second-order valence-corrected chi connectivity index (χ2v) is 10.8. The number of nitrogens with two attached hydrogens (primary N) is 1. The second-order valence-electron chi connectivity index (χ2n) is 10.8. The van der Waals surface area contributed by atoms with E-state index in [4.69, 9.17) is 15.2 Å². The molecule has 1 aromatic carbocycles. The second kappa shape index (κ2) is 19.6. The fourth-order valence-corrected chi connectivity index (χ4v) is 4.16. The summed E-state index contributed by atoms with van der Waals surface area (Å²) in [5.74, 6) is 0.366. The monoisotopic (exact) mass is 614 g/mol. The Morgan fingerprint density at radius 1 is 1.02 bits per heavy atom. The van der Waals surface area contributed by atoms with Crippen LogP contribution in [-0.4, -0.2) is 67.5 Å². The summed E-state index contributed by atoms with van der Waals surface area (Å²) in [5.41, 5.74) is 6.81. The zero-order chi connectivity index (χ0) is 28.8. The molecule has 232 valence electrons. The molecule has 9 nitrogen and oxygen atoms in total. The van der Waals surface area contributed by atoms with Crippen molar-refractivity contribution in [2.24, 2.45) is 17.6 Å². The molecule has 0 bridgehead atoms. The van der Waals surface area contributed by atoms with Gasteiger partial charge in [-0.3, -0.25) is 14.6 Å². The van der Waals surface area contributed by atoms with Crippen LogP contribution < -0.4 is 21.1 Å². The molecule has 0 spiro atoms. The highest BCUT2D eigenvalue weighted by atomic mass is 35.5. The van der Waals surface area contributed by atoms with Crippen molar-refractivity contribution >= 4 is 36.6 Å². The van der Waals surface area contributed by atoms with E-state index in [-0.39, 0.29) is 55.0 Å². The minimum absolute atomic E-state index is 0. The number of carbonyl (C=O) groups excluding carboxylic acids is 2. The van der Waals surface area contributed by atoms with Gasteiger partial charge in [0.25, 0.3) is 5.91 Å². The van der Waals surface area contributed by atoms with Gasteiger partial charge < -0.3 is 30.9 Å². The summed E-state index contributed by atoms with van der Waals surface area (Å²) in [6.07, 6.45) is 4.60. The van der Waals surface area contributed by atoms with Crippen LogP contribution in [0.2, 0.25) is 0 Å². The van der Waals surface area contributed by atoms with E-state index in [1.807, 2.05) is 32.0 Å². The van der Waals surface area contributed by atoms with Gasteiger partial charge in [0.05, 0.1) is 23.7 Å². The predicted molar refractivity (Wildman–Crippen MR) is 167 cm³/mol. The average Bonchev–Trinajstić information content (AvgIpc) is 2.93. The number of halogens is 2. The molecule has 0 fully saturated rings. The van der Waals surface area contributed by atoms with E-state index < -0.39 is 17.6 Å². The number of aliphatic hydroxyl groups is 1. The number of pyridine rings is 1. The minimum Gasteiger partial charge on any atom is -0.493 e. The molecule has 41 heavy (non-hydrogen) atoms. The van der Waals surface area contributed by atoms with Crippen LogP contribution in [0.3, 0.4) is 0 Å². The molecule has 0 aliphatic carbocycles. The molecule has 3 unspecified atom stereocenters. The third kappa shape index (κ3) is 12.5. The predicted octanol–water partition coefficient (Wildman–Crippen LogP) is 3.90. The highest BCUT2D eigenvalue weighted by molar-refractivity contribution is 5.96. The van der Waals surface area contributed by atoms with E-state index in [0.717, 1.165) is 18.4 Å². The van der Waals surface area contributed by atoms with E-state index in [9.17, 15) is 14.7 Å². The summed E-state index contributed by atoms with van der Waals surface area (Å²) in [5, 5.41) is 16.5. The highest BCUT2D eigenvalue weighted by Gasteiger charge is 2.31. The number of hydrogen-bond acceptors (Lipinski definition) is 7. The normalized spacial score (nSPS) is 13.3. The number of aliphatic hydroxyl groups excluding tert-OH is 1. The molecule has 2 rings (SSSR count). The molecular formula is C30H48Cl2N4O5. The first-order valence-electron chi connectivity index (χ1n) is 13.7. The Balaban J connectivity index is 0.00000800. The molecule has 2 amide bonds. The van der Waals surface area contributed by atoms with Crippen LogP contribution in [0.1, 0.15) is 62.9 Å². The van der Waals surface area contributed by atoms with Crippen LogP contribution in [0.15, 0.2) is 48.8 Å². The van der Waals surface area contributed by atoms with Crippen LogP contribution in [0.4, 0.5) is 0 Å². The van der Waals surface area contributed by atoms with Gasteiger partial charge in [-0.25, -0.2) is 0 Å². The molecular weight excluding hydrogens is 567 g/mol. The van der Waals surface area contributed by atoms with Crippen molar-refractivity contribution < 1.29 is 24.2 Å². The Labute approximate surface area is 257 Å². The fourth-order valence-electron chi connectivity index (χ4n) is 4.16. The number of para-hydroxylation sites is 1. The number of hydrogen-bond donors (Lipinski definition) is 4. The fraction of sp³-hybridized carbons (Fsp3) is 0.567. The lowest BCUT2D eigenvalue weighted by molar-refractivity contribution is -0.126. The van der Waals surface area contributed by atoms with Crippen LogP contribution in [-0.2, 0) is 14.9 Å². The Morgan fingerprint density at radius 3 is 2.34 bits per heavy atom. The number of ether oxygens (including phenoxy) is 2. The largest absolute Gasteiger partial charge is 0.493 e. The maximum atomic E-state index is 13.0. The van der Waals surface area contributed by atoms with Gasteiger partial charge in [0, 0.05) is 45.2 Å². The molecule has 1 aromatic heterocycles. The topological polar surface area (TPSA) is 136 Å². The van der Waals surface area contributed by atoms with Crippen molar-refractivity contribution in [3.05, 3.63) is 59.9 Å². The number of amides is 2. The number of rotatable bonds is 17. The maximum Gasteiger partial charge on any atom is 0.255 e. The van der Waals surface area contributed by atoms with E-state index in [2.05, 4.69) is 29.5 Å². The summed E-state index contributed by atoms with van der Waals surface area (Å²) in [6.45, 7) is 9.37. The van der Waals surface area contributed by atoms with Gasteiger partial charge in [0.2, 0.25) is 5.91 Å². The number of methoxy groups -OCH3 is 1. The number of unbranched alkanes of at least 4 members (excludes halogenated alkanes) is 1. The van der Waals surface area contributed by atoms with Crippen LogP contribution in [0.5, 0.6) is 5.75 Å². The molecule has 0 aliphatic heterocycles. The summed E-state index contributed by atoms with van der Waals surface area (Å²) >= 11 is 0. The molecule has 0 radical (unpaired) electrons. The Kier molecular flexibility index (Phi) is 18.5. The summed E-state index contributed by atoms with van der Waals surface area (Å²) < 4.78 is 10.9. The van der Waals surface area contributed by atoms with Gasteiger partial charge in [0.15, 0.2) is 0 Å². The van der Waals surface area contributed by atoms with E-state index in [1.165, 1.54) is 0 Å². The van der Waals surface area contributed by atoms with Crippen molar-refractivity contribution in [3.8, 4) is 5.75 Å². The van der Waals surface area contributed by atoms with Gasteiger partial charge in [-0.2, -0.15) is 0 Å². The molecule has 11 heteroatoms. The SMILES string of the molecule is COCCCCOc1ccccc1C(=O)NCC(CC(N)C(O)CNC(=O)C(C)(C)c1cccnc1)C(C)C.Cl.Cl. The van der Waals surface area contributed by atoms with Gasteiger partial charge in [-0.05, 0) is 68.7 Å². The minimum atomic E-state index is -0.928. The summed E-state index contributed by atoms with van der Waals surface area (Å²) in [4.78, 5) is 29.9. The van der Waals surface area contributed by atoms with Crippen molar-refractivity contribution in [2.75, 3.05) is 33.4 Å². The van der Waals surface area contributed by atoms with Gasteiger partial charge in [0.1, 0.15) is 5.75 Å². The zero-order valence-electron chi connectivity index (χ0n) is 24.8. The first-order chi connectivity index (χ1) is 18.6. The third-order valence-corrected chi connectivity index (χ3v) is 7.09. The third-order valence-electron chi connectivity index (χ3n) is 7.09. The van der Waals surface area contributed by atoms with Gasteiger partial charge in [-0.1, -0.05) is 32.0 Å². The van der Waals surface area contributed by atoms with Crippen molar-refractivity contribution in [2.45, 2.75) is 64.5 Å². The first-order valence-corrected chi connectivity index (χ1v) is 13.7. The molecule has 0 saturated carbocycles. The molecule has 0 aliphatic rings. The Hall–Kier alpha value is -2.43. The van der Waals surface area contributed by atoms with Crippen LogP contribution >= 0.6 is 24.8 Å². The smallest absolute Gasteiger partial charge is 0.255 e. The average molecular weight is 616 g/mol. The number of benzene rings is 1. The number of carbonyl (C=O) groups is 2. The van der Waals surface area contributed by atoms with Crippen molar-refractivity contribution in [1.29, 1.82) is 0 Å². The standard InChI is InChI=1S/C30H46N4O5.2ClH/c1-21(2)22(18-33-28(36)24-12-6-7-13-27(24)39-16-9-8-15-38-5)17-25(31)26(35)20-34-29(37)30(3,4)23-11-10-14-32-19-23;;/h6-7,10-14,19,21-22,25-26,35H,8-9,15-18,20,31H2,1-5H3,(H,33,36)(H,34,37);2*1H. The molecule has 1 heterocycles. The molecule has 2 aromatic rings. The van der Waals surface area contributed by atoms with Crippen LogP contribution in [0, 0.1) is 11.8 Å². The van der Waals surface area contributed by atoms with Gasteiger partial charge in [-0.15, -0.1) is 24.8 Å². The number of aromatic nitrogens is 1. The molecule has 0 saturated heterocycles. The summed E-state index contributed by atoms with van der Waals surface area (Å²) in [6, 6.07) is 10.3. The maximum absolute atomic E-state index is 13.0. The molecule has 3 atom stereocenters. The lowest BCUT2D eigenvalue weighted by Crippen LogP contribution is -2.49. The Bertz CT molecular complexity index is 1030. The van der Waals surface area contributed by atoms with Crippen LogP contribution in [0.25, 0.3) is 0 Å². The number of nitrogens with zero attached hydrogens (tertiary/aromatic N) is 1. The summed E-state index contributed by atoms with van der Waals surface area (Å²) in [7, 11) is 1.67. The highest BCUT2D eigenvalue weighted by Crippen LogP contribution is 2.23. The lowest BCUT2D eigenvalue weighted by Gasteiger charge is -2.29. The molecule has 5 N–H and O–H groups in total. The lowest BCUT2D eigenvalue weighted by atomic mass is 9.84. The zero-order valence-corrected chi connectivity index (χ0v) is 26.4. The van der Waals surface area contributed by atoms with E-state index in [0.29, 0.717) is 37.5 Å². The Morgan fingerprint density at radius 2 is 1.71 bits per heavy atom. The first kappa shape index (κ1) is 38.6. The van der Waals surface area contributed by atoms with Gasteiger partial charge >= 0.3 is 0 Å². The number of nitrogens with one attached hydrogen (secondary N) is 2. The quantitative estimate of drug-likeness (QED) is 0.198. The van der Waals surface area contributed by atoms with Crippen molar-refractivity contribution in [3.63, 3.8) is 0 Å². The van der Waals surface area contributed by atoms with E-state index in [1.54, 1.807) is 37.7 Å². The van der Waals surface area contributed by atoms with E-state index >= 15 is 0 Å². The van der Waals surface area contributed by atoms with Crippen molar-refractivity contribution in [1.82, 2.24) is 15.6 Å².